The summed E-state index contributed by atoms with van der Waals surface area (Å²) in [5.41, 5.74) is -1.56. The van der Waals surface area contributed by atoms with Gasteiger partial charge in [-0.3, -0.25) is 0 Å². The monoisotopic (exact) mass is 274 g/mol. The molecular weight excluding hydrogens is 253 g/mol. The summed E-state index contributed by atoms with van der Waals surface area (Å²) < 4.78 is 38.8. The van der Waals surface area contributed by atoms with Crippen LogP contribution in [0.25, 0.3) is 0 Å². The molecule has 0 saturated heterocycles. The molecule has 0 aromatic heterocycles. The van der Waals surface area contributed by atoms with E-state index in [0.717, 1.165) is 5.56 Å². The summed E-state index contributed by atoms with van der Waals surface area (Å²) in [6.45, 7) is 3.38. The summed E-state index contributed by atoms with van der Waals surface area (Å²) in [5, 5.41) is 9.87. The standard InChI is InChI=1S/C15H21F3O/c1-12(2)11-14(19,15(16,17)18)10-6-9-13-7-4-3-5-8-13/h3-5,7-8,12,19H,6,9-11H2,1-2H3. The van der Waals surface area contributed by atoms with Crippen LogP contribution < -0.4 is 0 Å². The van der Waals surface area contributed by atoms with Gasteiger partial charge in [-0.2, -0.15) is 13.2 Å². The largest absolute Gasteiger partial charge is 0.417 e. The molecule has 1 nitrogen and oxygen atoms in total. The number of halogens is 3. The molecule has 1 aromatic rings. The first-order valence-corrected chi connectivity index (χ1v) is 6.57. The zero-order chi connectivity index (χ0) is 14.5. The minimum absolute atomic E-state index is 0.191. The van der Waals surface area contributed by atoms with Crippen LogP contribution in [0.5, 0.6) is 0 Å². The van der Waals surface area contributed by atoms with Crippen molar-refractivity contribution in [1.82, 2.24) is 0 Å². The van der Waals surface area contributed by atoms with E-state index >= 15 is 0 Å². The molecule has 0 bridgehead atoms. The van der Waals surface area contributed by atoms with E-state index in [0.29, 0.717) is 12.8 Å². The normalized spacial score (nSPS) is 15.5. The number of hydrogen-bond donors (Lipinski definition) is 1. The van der Waals surface area contributed by atoms with Crippen LogP contribution in [0, 0.1) is 5.92 Å². The first kappa shape index (κ1) is 16.0. The average molecular weight is 274 g/mol. The van der Waals surface area contributed by atoms with Gasteiger partial charge in [0, 0.05) is 0 Å². The molecule has 1 aromatic carbocycles. The van der Waals surface area contributed by atoms with Gasteiger partial charge in [0.1, 0.15) is 0 Å². The highest BCUT2D eigenvalue weighted by molar-refractivity contribution is 5.14. The fourth-order valence-corrected chi connectivity index (χ4v) is 2.26. The third-order valence-corrected chi connectivity index (χ3v) is 3.17. The predicted octanol–water partition coefficient (Wildman–Crippen LogP) is 4.35. The summed E-state index contributed by atoms with van der Waals surface area (Å²) in [6, 6.07) is 9.36. The Morgan fingerprint density at radius 3 is 2.16 bits per heavy atom. The van der Waals surface area contributed by atoms with Gasteiger partial charge in [-0.15, -0.1) is 0 Å². The van der Waals surface area contributed by atoms with Crippen molar-refractivity contribution >= 4 is 0 Å². The van der Waals surface area contributed by atoms with Crippen molar-refractivity contribution in [2.24, 2.45) is 5.92 Å². The second-order valence-corrected chi connectivity index (χ2v) is 5.47. The van der Waals surface area contributed by atoms with Gasteiger partial charge >= 0.3 is 6.18 Å². The van der Waals surface area contributed by atoms with E-state index in [4.69, 9.17) is 0 Å². The first-order chi connectivity index (χ1) is 8.74. The van der Waals surface area contributed by atoms with Gasteiger partial charge in [0.05, 0.1) is 0 Å². The van der Waals surface area contributed by atoms with E-state index < -0.39 is 11.8 Å². The SMILES string of the molecule is CC(C)CC(O)(CCCc1ccccc1)C(F)(F)F. The molecule has 0 amide bonds. The maximum absolute atomic E-state index is 12.9. The second-order valence-electron chi connectivity index (χ2n) is 5.47. The zero-order valence-corrected chi connectivity index (χ0v) is 11.4. The van der Waals surface area contributed by atoms with Crippen LogP contribution >= 0.6 is 0 Å². The second kappa shape index (κ2) is 6.42. The Labute approximate surface area is 112 Å². The quantitative estimate of drug-likeness (QED) is 0.817. The van der Waals surface area contributed by atoms with Gasteiger partial charge in [0.2, 0.25) is 0 Å². The lowest BCUT2D eigenvalue weighted by molar-refractivity contribution is -0.268. The first-order valence-electron chi connectivity index (χ1n) is 6.57. The van der Waals surface area contributed by atoms with Crippen LogP contribution in [0.1, 0.15) is 38.7 Å². The molecule has 0 fully saturated rings. The maximum Gasteiger partial charge on any atom is 0.417 e. The van der Waals surface area contributed by atoms with Crippen LogP contribution in [-0.2, 0) is 6.42 Å². The summed E-state index contributed by atoms with van der Waals surface area (Å²) in [7, 11) is 0. The average Bonchev–Trinajstić information content (AvgIpc) is 2.28. The van der Waals surface area contributed by atoms with Gasteiger partial charge < -0.3 is 5.11 Å². The number of benzene rings is 1. The third kappa shape index (κ3) is 4.86. The van der Waals surface area contributed by atoms with E-state index in [1.165, 1.54) is 0 Å². The van der Waals surface area contributed by atoms with Crippen molar-refractivity contribution in [3.63, 3.8) is 0 Å². The van der Waals surface area contributed by atoms with Crippen molar-refractivity contribution < 1.29 is 18.3 Å². The Bertz CT molecular complexity index is 373. The smallest absolute Gasteiger partial charge is 0.380 e. The number of aryl methyl sites for hydroxylation is 1. The molecule has 0 saturated carbocycles. The summed E-state index contributed by atoms with van der Waals surface area (Å²) >= 11 is 0. The van der Waals surface area contributed by atoms with Gasteiger partial charge in [-0.05, 0) is 37.2 Å². The lowest BCUT2D eigenvalue weighted by atomic mass is 9.86. The molecule has 4 heteroatoms. The number of aliphatic hydroxyl groups is 1. The molecular formula is C15H21F3O. The lowest BCUT2D eigenvalue weighted by Crippen LogP contribution is -2.46. The molecule has 0 heterocycles. The Morgan fingerprint density at radius 1 is 1.11 bits per heavy atom. The molecule has 0 spiro atoms. The highest BCUT2D eigenvalue weighted by atomic mass is 19.4. The molecule has 1 unspecified atom stereocenters. The molecule has 1 atom stereocenters. The van der Waals surface area contributed by atoms with Crippen molar-refractivity contribution in [3.05, 3.63) is 35.9 Å². The van der Waals surface area contributed by atoms with Crippen LogP contribution in [0.3, 0.4) is 0 Å². The molecule has 19 heavy (non-hydrogen) atoms. The highest BCUT2D eigenvalue weighted by Crippen LogP contribution is 2.39. The zero-order valence-electron chi connectivity index (χ0n) is 11.4. The van der Waals surface area contributed by atoms with Crippen LogP contribution in [-0.4, -0.2) is 16.9 Å². The molecule has 0 aliphatic carbocycles. The van der Waals surface area contributed by atoms with Crippen molar-refractivity contribution in [2.75, 3.05) is 0 Å². The van der Waals surface area contributed by atoms with Crippen molar-refractivity contribution in [1.29, 1.82) is 0 Å². The van der Waals surface area contributed by atoms with Gasteiger partial charge in [-0.25, -0.2) is 0 Å². The van der Waals surface area contributed by atoms with E-state index in [9.17, 15) is 18.3 Å². The van der Waals surface area contributed by atoms with E-state index in [1.54, 1.807) is 13.8 Å². The fourth-order valence-electron chi connectivity index (χ4n) is 2.26. The van der Waals surface area contributed by atoms with Crippen LogP contribution in [0.4, 0.5) is 13.2 Å². The molecule has 0 aliphatic rings. The Kier molecular flexibility index (Phi) is 5.41. The summed E-state index contributed by atoms with van der Waals surface area (Å²) in [6.07, 6.45) is -4.17. The van der Waals surface area contributed by atoms with Crippen molar-refractivity contribution in [3.8, 4) is 0 Å². The summed E-state index contributed by atoms with van der Waals surface area (Å²) in [5.74, 6) is -0.191. The fraction of sp³-hybridized carbons (Fsp3) is 0.600. The molecule has 1 N–H and O–H groups in total. The van der Waals surface area contributed by atoms with Crippen LogP contribution in [0.2, 0.25) is 0 Å². The predicted molar refractivity (Wildman–Crippen MR) is 69.8 cm³/mol. The Hall–Kier alpha value is -1.03. The van der Waals surface area contributed by atoms with Gasteiger partial charge in [0.25, 0.3) is 0 Å². The van der Waals surface area contributed by atoms with Crippen LogP contribution in [0.15, 0.2) is 30.3 Å². The third-order valence-electron chi connectivity index (χ3n) is 3.17. The Morgan fingerprint density at radius 2 is 1.68 bits per heavy atom. The Balaban J connectivity index is 2.59. The van der Waals surface area contributed by atoms with Gasteiger partial charge in [0.15, 0.2) is 5.60 Å². The molecule has 108 valence electrons. The minimum Gasteiger partial charge on any atom is -0.380 e. The van der Waals surface area contributed by atoms with Gasteiger partial charge in [-0.1, -0.05) is 44.2 Å². The minimum atomic E-state index is -4.56. The highest BCUT2D eigenvalue weighted by Gasteiger charge is 2.52. The topological polar surface area (TPSA) is 20.2 Å². The molecule has 1 rings (SSSR count). The molecule has 0 radical (unpaired) electrons. The van der Waals surface area contributed by atoms with Crippen molar-refractivity contribution in [2.45, 2.75) is 51.3 Å². The van der Waals surface area contributed by atoms with E-state index in [1.807, 2.05) is 30.3 Å². The number of rotatable bonds is 6. The summed E-state index contributed by atoms with van der Waals surface area (Å²) in [4.78, 5) is 0. The lowest BCUT2D eigenvalue weighted by Gasteiger charge is -2.32. The number of alkyl halides is 3. The molecule has 0 aliphatic heterocycles. The van der Waals surface area contributed by atoms with E-state index in [-0.39, 0.29) is 18.8 Å². The maximum atomic E-state index is 12.9. The number of hydrogen-bond acceptors (Lipinski definition) is 1. The van der Waals surface area contributed by atoms with E-state index in [2.05, 4.69) is 0 Å².